The van der Waals surface area contributed by atoms with Crippen LogP contribution in [0, 0.1) is 6.92 Å². The first-order chi connectivity index (χ1) is 7.70. The molecule has 0 spiro atoms. The van der Waals surface area contributed by atoms with Crippen LogP contribution in [0.3, 0.4) is 0 Å². The molecule has 1 N–H and O–H groups in total. The number of halogens is 1. The summed E-state index contributed by atoms with van der Waals surface area (Å²) in [7, 11) is 0. The predicted octanol–water partition coefficient (Wildman–Crippen LogP) is 3.20. The van der Waals surface area contributed by atoms with Gasteiger partial charge in [-0.3, -0.25) is 4.98 Å². The Morgan fingerprint density at radius 3 is 2.50 bits per heavy atom. The summed E-state index contributed by atoms with van der Waals surface area (Å²) in [5, 5.41) is 9.53. The highest BCUT2D eigenvalue weighted by Crippen LogP contribution is 2.26. The van der Waals surface area contributed by atoms with Gasteiger partial charge in [-0.15, -0.1) is 0 Å². The van der Waals surface area contributed by atoms with Crippen LogP contribution in [-0.2, 0) is 6.61 Å². The van der Waals surface area contributed by atoms with Gasteiger partial charge in [0.25, 0.3) is 0 Å². The van der Waals surface area contributed by atoms with Crippen molar-refractivity contribution in [2.45, 2.75) is 13.5 Å². The van der Waals surface area contributed by atoms with Gasteiger partial charge in [0, 0.05) is 11.8 Å². The molecular formula is C13H12ClNO. The van der Waals surface area contributed by atoms with Crippen LogP contribution in [0.15, 0.2) is 36.5 Å². The zero-order chi connectivity index (χ0) is 11.5. The standard InChI is InChI=1S/C13H12ClNO/c1-9-2-4-11(5-3-9)13-12(14)6-10(8-16)7-15-13/h2-7,16H,8H2,1H3. The quantitative estimate of drug-likeness (QED) is 0.864. The number of rotatable bonds is 2. The first-order valence-corrected chi connectivity index (χ1v) is 5.41. The molecule has 0 aliphatic carbocycles. The molecule has 0 radical (unpaired) electrons. The topological polar surface area (TPSA) is 33.1 Å². The Labute approximate surface area is 99.5 Å². The fourth-order valence-electron chi connectivity index (χ4n) is 1.49. The SMILES string of the molecule is Cc1ccc(-c2ncc(CO)cc2Cl)cc1. The highest BCUT2D eigenvalue weighted by Gasteiger charge is 2.05. The van der Waals surface area contributed by atoms with Crippen molar-refractivity contribution in [3.63, 3.8) is 0 Å². The van der Waals surface area contributed by atoms with Crippen molar-refractivity contribution >= 4 is 11.6 Å². The lowest BCUT2D eigenvalue weighted by atomic mass is 10.1. The maximum absolute atomic E-state index is 8.96. The number of pyridine rings is 1. The Morgan fingerprint density at radius 1 is 1.25 bits per heavy atom. The Kier molecular flexibility index (Phi) is 3.22. The molecule has 0 saturated heterocycles. The first kappa shape index (κ1) is 11.1. The summed E-state index contributed by atoms with van der Waals surface area (Å²) in [5.74, 6) is 0. The lowest BCUT2D eigenvalue weighted by Gasteiger charge is -2.05. The summed E-state index contributed by atoms with van der Waals surface area (Å²) < 4.78 is 0. The number of aliphatic hydroxyl groups excluding tert-OH is 1. The third-order valence-corrected chi connectivity index (χ3v) is 2.69. The van der Waals surface area contributed by atoms with E-state index in [2.05, 4.69) is 4.98 Å². The number of aryl methyl sites for hydroxylation is 1. The van der Waals surface area contributed by atoms with Gasteiger partial charge >= 0.3 is 0 Å². The van der Waals surface area contributed by atoms with E-state index in [0.29, 0.717) is 5.02 Å². The molecule has 0 bridgehead atoms. The molecule has 0 amide bonds. The highest BCUT2D eigenvalue weighted by atomic mass is 35.5. The average Bonchev–Trinajstić information content (AvgIpc) is 2.30. The molecule has 0 aliphatic heterocycles. The maximum Gasteiger partial charge on any atom is 0.0888 e. The van der Waals surface area contributed by atoms with Gasteiger partial charge in [-0.05, 0) is 18.6 Å². The summed E-state index contributed by atoms with van der Waals surface area (Å²) in [4.78, 5) is 4.26. The minimum absolute atomic E-state index is 0.0408. The minimum Gasteiger partial charge on any atom is -0.392 e. The van der Waals surface area contributed by atoms with Crippen LogP contribution in [0.1, 0.15) is 11.1 Å². The van der Waals surface area contributed by atoms with Crippen LogP contribution >= 0.6 is 11.6 Å². The second-order valence-corrected chi connectivity index (χ2v) is 4.11. The highest BCUT2D eigenvalue weighted by molar-refractivity contribution is 6.33. The molecule has 0 atom stereocenters. The van der Waals surface area contributed by atoms with E-state index in [0.717, 1.165) is 16.8 Å². The number of nitrogens with zero attached hydrogens (tertiary/aromatic N) is 1. The van der Waals surface area contributed by atoms with Gasteiger partial charge in [-0.2, -0.15) is 0 Å². The lowest BCUT2D eigenvalue weighted by molar-refractivity contribution is 0.281. The normalized spacial score (nSPS) is 10.4. The second-order valence-electron chi connectivity index (χ2n) is 3.70. The summed E-state index contributed by atoms with van der Waals surface area (Å²) >= 11 is 6.11. The van der Waals surface area contributed by atoms with Gasteiger partial charge in [0.1, 0.15) is 0 Å². The van der Waals surface area contributed by atoms with Crippen molar-refractivity contribution in [1.82, 2.24) is 4.98 Å². The summed E-state index contributed by atoms with van der Waals surface area (Å²) in [6.07, 6.45) is 1.64. The van der Waals surface area contributed by atoms with Gasteiger partial charge < -0.3 is 5.11 Å². The molecule has 0 unspecified atom stereocenters. The zero-order valence-corrected chi connectivity index (χ0v) is 9.70. The molecular weight excluding hydrogens is 222 g/mol. The zero-order valence-electron chi connectivity index (χ0n) is 8.94. The van der Waals surface area contributed by atoms with Crippen LogP contribution < -0.4 is 0 Å². The molecule has 16 heavy (non-hydrogen) atoms. The fourth-order valence-corrected chi connectivity index (χ4v) is 1.79. The van der Waals surface area contributed by atoms with Gasteiger partial charge in [-0.25, -0.2) is 0 Å². The van der Waals surface area contributed by atoms with Crippen molar-refractivity contribution in [1.29, 1.82) is 0 Å². The van der Waals surface area contributed by atoms with E-state index in [9.17, 15) is 0 Å². The molecule has 2 aromatic rings. The molecule has 3 heteroatoms. The second kappa shape index (κ2) is 4.64. The van der Waals surface area contributed by atoms with Gasteiger partial charge in [0.05, 0.1) is 17.3 Å². The number of hydrogen-bond acceptors (Lipinski definition) is 2. The summed E-state index contributed by atoms with van der Waals surface area (Å²) in [6, 6.07) is 9.76. The van der Waals surface area contributed by atoms with Crippen molar-refractivity contribution in [3.8, 4) is 11.3 Å². The van der Waals surface area contributed by atoms with E-state index in [-0.39, 0.29) is 6.61 Å². The monoisotopic (exact) mass is 233 g/mol. The van der Waals surface area contributed by atoms with Gasteiger partial charge in [-0.1, -0.05) is 41.4 Å². The van der Waals surface area contributed by atoms with Crippen LogP contribution in [0.25, 0.3) is 11.3 Å². The molecule has 0 fully saturated rings. The van der Waals surface area contributed by atoms with E-state index < -0.39 is 0 Å². The third-order valence-electron chi connectivity index (χ3n) is 2.41. The van der Waals surface area contributed by atoms with E-state index in [1.807, 2.05) is 31.2 Å². The van der Waals surface area contributed by atoms with E-state index in [1.54, 1.807) is 12.3 Å². The average molecular weight is 234 g/mol. The lowest BCUT2D eigenvalue weighted by Crippen LogP contribution is -1.90. The molecule has 0 saturated carbocycles. The molecule has 1 aromatic carbocycles. The molecule has 82 valence electrons. The largest absolute Gasteiger partial charge is 0.392 e. The van der Waals surface area contributed by atoms with Crippen molar-refractivity contribution in [3.05, 3.63) is 52.7 Å². The number of benzene rings is 1. The van der Waals surface area contributed by atoms with Crippen molar-refractivity contribution in [2.75, 3.05) is 0 Å². The molecule has 0 aliphatic rings. The molecule has 1 aromatic heterocycles. The Morgan fingerprint density at radius 2 is 1.94 bits per heavy atom. The number of hydrogen-bond donors (Lipinski definition) is 1. The third kappa shape index (κ3) is 2.23. The van der Waals surface area contributed by atoms with Gasteiger partial charge in [0.2, 0.25) is 0 Å². The van der Waals surface area contributed by atoms with Crippen LogP contribution in [0.4, 0.5) is 0 Å². The van der Waals surface area contributed by atoms with E-state index in [1.165, 1.54) is 5.56 Å². The van der Waals surface area contributed by atoms with Gasteiger partial charge in [0.15, 0.2) is 0 Å². The van der Waals surface area contributed by atoms with Crippen molar-refractivity contribution in [2.24, 2.45) is 0 Å². The molecule has 1 heterocycles. The maximum atomic E-state index is 8.96. The smallest absolute Gasteiger partial charge is 0.0888 e. The molecule has 2 nitrogen and oxygen atoms in total. The molecule has 2 rings (SSSR count). The van der Waals surface area contributed by atoms with E-state index >= 15 is 0 Å². The predicted molar refractivity (Wildman–Crippen MR) is 65.3 cm³/mol. The number of aromatic nitrogens is 1. The van der Waals surface area contributed by atoms with Crippen LogP contribution in [0.5, 0.6) is 0 Å². The van der Waals surface area contributed by atoms with Crippen LogP contribution in [-0.4, -0.2) is 10.1 Å². The first-order valence-electron chi connectivity index (χ1n) is 5.03. The summed E-state index contributed by atoms with van der Waals surface area (Å²) in [5.41, 5.74) is 3.66. The minimum atomic E-state index is -0.0408. The number of aliphatic hydroxyl groups is 1. The summed E-state index contributed by atoms with van der Waals surface area (Å²) in [6.45, 7) is 1.99. The Hall–Kier alpha value is -1.38. The van der Waals surface area contributed by atoms with E-state index in [4.69, 9.17) is 16.7 Å². The Bertz CT molecular complexity index is 494. The van der Waals surface area contributed by atoms with Crippen LogP contribution in [0.2, 0.25) is 5.02 Å². The fraction of sp³-hybridized carbons (Fsp3) is 0.154. The van der Waals surface area contributed by atoms with Crippen molar-refractivity contribution < 1.29 is 5.11 Å². The Balaban J connectivity index is 2.44.